The van der Waals surface area contributed by atoms with E-state index in [9.17, 15) is 4.79 Å². The monoisotopic (exact) mass is 378 g/mol. The van der Waals surface area contributed by atoms with E-state index in [2.05, 4.69) is 0 Å². The van der Waals surface area contributed by atoms with Crippen molar-refractivity contribution in [2.75, 3.05) is 6.54 Å². The van der Waals surface area contributed by atoms with Gasteiger partial charge in [-0.3, -0.25) is 4.79 Å². The first-order valence-corrected chi connectivity index (χ1v) is 8.86. The van der Waals surface area contributed by atoms with Gasteiger partial charge in [-0.25, -0.2) is 0 Å². The lowest BCUT2D eigenvalue weighted by Crippen LogP contribution is -2.38. The molecule has 3 nitrogen and oxygen atoms in total. The maximum Gasteiger partial charge on any atom is 0.224 e. The van der Waals surface area contributed by atoms with Crippen LogP contribution in [0.1, 0.15) is 36.4 Å². The number of amides is 1. The van der Waals surface area contributed by atoms with Gasteiger partial charge in [0.25, 0.3) is 0 Å². The molecular weight excluding hydrogens is 355 g/mol. The largest absolute Gasteiger partial charge is 0.339 e. The average Bonchev–Trinajstić information content (AvgIpc) is 3.06. The van der Waals surface area contributed by atoms with Crippen molar-refractivity contribution in [2.45, 2.75) is 37.8 Å². The van der Waals surface area contributed by atoms with Crippen LogP contribution in [0.15, 0.2) is 54.6 Å². The van der Waals surface area contributed by atoms with Gasteiger partial charge in [-0.05, 0) is 36.5 Å². The summed E-state index contributed by atoms with van der Waals surface area (Å²) in [6.45, 7) is 0.815. The molecule has 5 heteroatoms. The Kier molecular flexibility index (Phi) is 7.30. The third-order valence-corrected chi connectivity index (χ3v) is 5.10. The fourth-order valence-electron chi connectivity index (χ4n) is 3.42. The molecule has 2 aromatic carbocycles. The van der Waals surface area contributed by atoms with E-state index in [4.69, 9.17) is 17.3 Å². The molecule has 0 radical (unpaired) electrons. The van der Waals surface area contributed by atoms with E-state index >= 15 is 0 Å². The molecule has 0 saturated carbocycles. The van der Waals surface area contributed by atoms with E-state index < -0.39 is 0 Å². The van der Waals surface area contributed by atoms with Gasteiger partial charge in [0.05, 0.1) is 0 Å². The Hall–Kier alpha value is -1.55. The van der Waals surface area contributed by atoms with Crippen molar-refractivity contribution in [1.82, 2.24) is 4.90 Å². The highest BCUT2D eigenvalue weighted by Gasteiger charge is 2.30. The quantitative estimate of drug-likeness (QED) is 0.838. The van der Waals surface area contributed by atoms with Crippen LogP contribution in [0.25, 0.3) is 0 Å². The Morgan fingerprint density at radius 2 is 1.84 bits per heavy atom. The molecular formula is C20H24Cl2N2O. The van der Waals surface area contributed by atoms with Crippen LogP contribution in [-0.2, 0) is 11.2 Å². The minimum Gasteiger partial charge on any atom is -0.339 e. The highest BCUT2D eigenvalue weighted by molar-refractivity contribution is 6.31. The number of hydrogen-bond donors (Lipinski definition) is 1. The SMILES string of the molecule is Cl.NC(CC(=O)N1CCCC1Cc1ccccc1Cl)c1ccccc1. The maximum atomic E-state index is 12.7. The van der Waals surface area contributed by atoms with E-state index in [1.54, 1.807) is 0 Å². The van der Waals surface area contributed by atoms with Crippen LogP contribution >= 0.6 is 24.0 Å². The number of carbonyl (C=O) groups is 1. The molecule has 2 aromatic rings. The zero-order chi connectivity index (χ0) is 16.9. The maximum absolute atomic E-state index is 12.7. The van der Waals surface area contributed by atoms with Crippen molar-refractivity contribution in [2.24, 2.45) is 5.73 Å². The molecule has 0 aromatic heterocycles. The standard InChI is InChI=1S/C20H23ClN2O.ClH/c21-18-11-5-4-9-16(18)13-17-10-6-12-23(17)20(24)14-19(22)15-7-2-1-3-8-15;/h1-5,7-9,11,17,19H,6,10,12-14,22H2;1H. The van der Waals surface area contributed by atoms with Crippen LogP contribution in [0, 0.1) is 0 Å². The van der Waals surface area contributed by atoms with Crippen LogP contribution in [-0.4, -0.2) is 23.4 Å². The molecule has 0 spiro atoms. The minimum absolute atomic E-state index is 0. The molecule has 1 heterocycles. The lowest BCUT2D eigenvalue weighted by Gasteiger charge is -2.26. The summed E-state index contributed by atoms with van der Waals surface area (Å²) in [4.78, 5) is 14.7. The van der Waals surface area contributed by atoms with Crippen molar-refractivity contribution in [3.05, 3.63) is 70.7 Å². The summed E-state index contributed by atoms with van der Waals surface area (Å²) in [5, 5.41) is 0.776. The summed E-state index contributed by atoms with van der Waals surface area (Å²) in [6.07, 6.45) is 3.23. The second-order valence-corrected chi connectivity index (χ2v) is 6.81. The van der Waals surface area contributed by atoms with E-state index in [1.807, 2.05) is 59.5 Å². The third-order valence-electron chi connectivity index (χ3n) is 4.73. The Morgan fingerprint density at radius 1 is 1.16 bits per heavy atom. The Labute approximate surface area is 160 Å². The van der Waals surface area contributed by atoms with Crippen LogP contribution in [0.5, 0.6) is 0 Å². The van der Waals surface area contributed by atoms with Crippen LogP contribution in [0.2, 0.25) is 5.02 Å². The van der Waals surface area contributed by atoms with Crippen molar-refractivity contribution < 1.29 is 4.79 Å². The predicted molar refractivity (Wildman–Crippen MR) is 105 cm³/mol. The summed E-state index contributed by atoms with van der Waals surface area (Å²) in [6, 6.07) is 17.7. The number of carbonyl (C=O) groups excluding carboxylic acids is 1. The van der Waals surface area contributed by atoms with Crippen molar-refractivity contribution in [3.63, 3.8) is 0 Å². The fourth-order valence-corrected chi connectivity index (χ4v) is 3.63. The van der Waals surface area contributed by atoms with Gasteiger partial charge in [0.2, 0.25) is 5.91 Å². The normalized spacial score (nSPS) is 17.8. The van der Waals surface area contributed by atoms with E-state index in [0.29, 0.717) is 6.42 Å². The van der Waals surface area contributed by atoms with Gasteiger partial charge in [0.15, 0.2) is 0 Å². The molecule has 1 amide bonds. The first kappa shape index (κ1) is 19.8. The molecule has 2 N–H and O–H groups in total. The number of halogens is 2. The highest BCUT2D eigenvalue weighted by atomic mass is 35.5. The Balaban J connectivity index is 0.00000225. The number of hydrogen-bond acceptors (Lipinski definition) is 2. The number of likely N-dealkylation sites (tertiary alicyclic amines) is 1. The summed E-state index contributed by atoms with van der Waals surface area (Å²) in [7, 11) is 0. The van der Waals surface area contributed by atoms with Gasteiger partial charge in [-0.15, -0.1) is 12.4 Å². The van der Waals surface area contributed by atoms with Gasteiger partial charge in [-0.2, -0.15) is 0 Å². The molecule has 1 saturated heterocycles. The molecule has 1 aliphatic rings. The lowest BCUT2D eigenvalue weighted by atomic mass is 10.0. The topological polar surface area (TPSA) is 46.3 Å². The van der Waals surface area contributed by atoms with Gasteiger partial charge in [0, 0.05) is 30.1 Å². The van der Waals surface area contributed by atoms with Crippen LogP contribution in [0.4, 0.5) is 0 Å². The van der Waals surface area contributed by atoms with E-state index in [1.165, 1.54) is 0 Å². The predicted octanol–water partition coefficient (Wildman–Crippen LogP) is 4.39. The van der Waals surface area contributed by atoms with Crippen LogP contribution < -0.4 is 5.73 Å². The zero-order valence-corrected chi connectivity index (χ0v) is 15.7. The molecule has 2 atom stereocenters. The smallest absolute Gasteiger partial charge is 0.224 e. The highest BCUT2D eigenvalue weighted by Crippen LogP contribution is 2.26. The lowest BCUT2D eigenvalue weighted by molar-refractivity contribution is -0.132. The molecule has 0 aliphatic carbocycles. The zero-order valence-electron chi connectivity index (χ0n) is 14.1. The molecule has 134 valence electrons. The van der Waals surface area contributed by atoms with E-state index in [-0.39, 0.29) is 30.4 Å². The van der Waals surface area contributed by atoms with Crippen LogP contribution in [0.3, 0.4) is 0 Å². The summed E-state index contributed by atoms with van der Waals surface area (Å²) in [5.74, 6) is 0.140. The summed E-state index contributed by atoms with van der Waals surface area (Å²) >= 11 is 6.27. The van der Waals surface area contributed by atoms with Gasteiger partial charge in [0.1, 0.15) is 0 Å². The molecule has 3 rings (SSSR count). The van der Waals surface area contributed by atoms with Gasteiger partial charge >= 0.3 is 0 Å². The second kappa shape index (κ2) is 9.23. The molecule has 25 heavy (non-hydrogen) atoms. The van der Waals surface area contributed by atoms with Crippen molar-refractivity contribution in [3.8, 4) is 0 Å². The average molecular weight is 379 g/mol. The number of nitrogens with zero attached hydrogens (tertiary/aromatic N) is 1. The number of benzene rings is 2. The van der Waals surface area contributed by atoms with Gasteiger partial charge < -0.3 is 10.6 Å². The third kappa shape index (κ3) is 4.97. The second-order valence-electron chi connectivity index (χ2n) is 6.40. The van der Waals surface area contributed by atoms with E-state index in [0.717, 1.165) is 42.0 Å². The Morgan fingerprint density at radius 3 is 2.56 bits per heavy atom. The number of rotatable bonds is 5. The summed E-state index contributed by atoms with van der Waals surface area (Å²) in [5.41, 5.74) is 8.33. The fraction of sp³-hybridized carbons (Fsp3) is 0.350. The molecule has 1 aliphatic heterocycles. The van der Waals surface area contributed by atoms with Gasteiger partial charge in [-0.1, -0.05) is 60.1 Å². The first-order valence-electron chi connectivity index (χ1n) is 8.48. The molecule has 0 bridgehead atoms. The molecule has 1 fully saturated rings. The summed E-state index contributed by atoms with van der Waals surface area (Å²) < 4.78 is 0. The van der Waals surface area contributed by atoms with Crippen molar-refractivity contribution in [1.29, 1.82) is 0 Å². The number of nitrogens with two attached hydrogens (primary N) is 1. The molecule has 2 unspecified atom stereocenters. The first-order chi connectivity index (χ1) is 11.6. The Bertz CT molecular complexity index is 693. The minimum atomic E-state index is -0.250. The van der Waals surface area contributed by atoms with Crippen molar-refractivity contribution >= 4 is 29.9 Å².